The fourth-order valence-corrected chi connectivity index (χ4v) is 4.17. The van der Waals surface area contributed by atoms with Crippen LogP contribution in [0.15, 0.2) is 53.0 Å². The topological polar surface area (TPSA) is 125 Å². The number of pyridine rings is 1. The van der Waals surface area contributed by atoms with Crippen LogP contribution >= 0.6 is 0 Å². The quantitative estimate of drug-likeness (QED) is 0.155. The number of aromatic nitrogens is 3. The third kappa shape index (κ3) is 6.48. The number of rotatable bonds is 6. The summed E-state index contributed by atoms with van der Waals surface area (Å²) in [7, 11) is 1.31. The molecule has 41 heavy (non-hydrogen) atoms. The Hall–Kier alpha value is -4.05. The monoisotopic (exact) mass is 587 g/mol. The molecular formula is C25H23F6N5O5. The van der Waals surface area contributed by atoms with Crippen LogP contribution in [0.5, 0.6) is 0 Å². The number of nitrogens with zero attached hydrogens (tertiary/aromatic N) is 4. The summed E-state index contributed by atoms with van der Waals surface area (Å²) >= 11 is 0. The Kier molecular flexibility index (Phi) is 8.63. The Balaban J connectivity index is 1.92. The molecular weight excluding hydrogens is 564 g/mol. The van der Waals surface area contributed by atoms with Gasteiger partial charge in [-0.05, 0) is 18.4 Å². The van der Waals surface area contributed by atoms with Gasteiger partial charge in [-0.2, -0.15) is 26.3 Å². The lowest BCUT2D eigenvalue weighted by Gasteiger charge is -2.31. The molecule has 0 saturated heterocycles. The highest BCUT2D eigenvalue weighted by atomic mass is 19.4. The minimum absolute atomic E-state index is 0.101. The average Bonchev–Trinajstić information content (AvgIpc) is 3.39. The predicted molar refractivity (Wildman–Crippen MR) is 130 cm³/mol. The minimum atomic E-state index is -5.13. The van der Waals surface area contributed by atoms with Gasteiger partial charge < -0.3 is 19.2 Å². The maximum atomic E-state index is 14.8. The van der Waals surface area contributed by atoms with Crippen LogP contribution in [0.3, 0.4) is 0 Å². The predicted octanol–water partition coefficient (Wildman–Crippen LogP) is 6.20. The van der Waals surface area contributed by atoms with Crippen molar-refractivity contribution < 1.29 is 45.2 Å². The van der Waals surface area contributed by atoms with Gasteiger partial charge in [-0.3, -0.25) is 10.1 Å². The summed E-state index contributed by atoms with van der Waals surface area (Å²) < 4.78 is 102. The van der Waals surface area contributed by atoms with Crippen molar-refractivity contribution in [3.8, 4) is 11.6 Å². The fourth-order valence-electron chi connectivity index (χ4n) is 4.17. The second-order valence-corrected chi connectivity index (χ2v) is 9.07. The molecule has 220 valence electrons. The normalized spacial score (nSPS) is 19.8. The number of alkyl halides is 6. The Labute approximate surface area is 228 Å². The van der Waals surface area contributed by atoms with Crippen molar-refractivity contribution in [1.29, 1.82) is 0 Å². The van der Waals surface area contributed by atoms with Crippen molar-refractivity contribution in [2.45, 2.75) is 49.9 Å². The molecule has 2 aromatic heterocycles. The molecule has 0 amide bonds. The molecule has 0 saturated carbocycles. The van der Waals surface area contributed by atoms with Crippen LogP contribution in [0.4, 0.5) is 37.8 Å². The SMILES string of the molecule is COCC1CCC=CC[C@](OCc2ccccc2)(C(F)(F)F)c2nnc(o2)-c2nc(c(C(F)(F)F)cc2[N+](=O)[O-])N1. The number of ether oxygens (including phenoxy) is 2. The molecule has 1 aliphatic heterocycles. The number of anilines is 1. The summed E-state index contributed by atoms with van der Waals surface area (Å²) in [5.74, 6) is -2.81. The standard InChI is InChI=1S/C25H23F6N5O5/c1-39-14-16-10-6-3-7-11-23(25(29,30)31,40-13-15-8-4-2-5-9-15)22-35-34-21(41-22)19-18(36(37)38)12-17(24(26,27)28)20(32-16)33-19/h2-5,7-9,12,16H,6,10-11,13-14H2,1H3,(H,32,33)/t16?,23-/m1/s1. The van der Waals surface area contributed by atoms with Crippen LogP contribution in [0.25, 0.3) is 11.6 Å². The summed E-state index contributed by atoms with van der Waals surface area (Å²) in [6.07, 6.45) is -8.14. The smallest absolute Gasteiger partial charge is 0.415 e. The van der Waals surface area contributed by atoms with Crippen LogP contribution < -0.4 is 5.32 Å². The number of nitro groups is 1. The second kappa shape index (κ2) is 11.8. The Morgan fingerprint density at radius 1 is 1.15 bits per heavy atom. The largest absolute Gasteiger partial charge is 0.426 e. The molecule has 3 heterocycles. The summed E-state index contributed by atoms with van der Waals surface area (Å²) in [5.41, 5.74) is -6.31. The molecule has 1 N–H and O–H groups in total. The number of benzene rings is 1. The highest BCUT2D eigenvalue weighted by Gasteiger charge is 2.61. The zero-order valence-corrected chi connectivity index (χ0v) is 21.3. The third-order valence-electron chi connectivity index (χ3n) is 6.23. The summed E-state index contributed by atoms with van der Waals surface area (Å²) in [5, 5.41) is 21.3. The van der Waals surface area contributed by atoms with Gasteiger partial charge in [-0.1, -0.05) is 42.5 Å². The number of halogens is 6. The molecule has 0 aliphatic carbocycles. The van der Waals surface area contributed by atoms with Crippen molar-refractivity contribution in [2.24, 2.45) is 0 Å². The molecule has 3 aromatic rings. The van der Waals surface area contributed by atoms with Gasteiger partial charge in [-0.25, -0.2) is 4.98 Å². The molecule has 4 rings (SSSR count). The highest BCUT2D eigenvalue weighted by molar-refractivity contribution is 5.68. The van der Waals surface area contributed by atoms with Crippen molar-refractivity contribution in [2.75, 3.05) is 19.0 Å². The van der Waals surface area contributed by atoms with Crippen LogP contribution in [0.1, 0.15) is 36.3 Å². The first-order valence-electron chi connectivity index (χ1n) is 12.1. The van der Waals surface area contributed by atoms with E-state index >= 15 is 0 Å². The maximum Gasteiger partial charge on any atom is 0.426 e. The van der Waals surface area contributed by atoms with Gasteiger partial charge in [0.05, 0.1) is 24.2 Å². The van der Waals surface area contributed by atoms with Gasteiger partial charge in [0.1, 0.15) is 11.4 Å². The number of nitrogens with one attached hydrogen (secondary N) is 1. The lowest BCUT2D eigenvalue weighted by atomic mass is 9.97. The molecule has 0 radical (unpaired) electrons. The molecule has 4 bridgehead atoms. The Bertz CT molecular complexity index is 1400. The summed E-state index contributed by atoms with van der Waals surface area (Å²) in [6.45, 7) is -0.620. The van der Waals surface area contributed by atoms with Gasteiger partial charge in [0.25, 0.3) is 11.8 Å². The van der Waals surface area contributed by atoms with Crippen LogP contribution in [-0.4, -0.2) is 46.0 Å². The Morgan fingerprint density at radius 2 is 1.88 bits per heavy atom. The highest BCUT2D eigenvalue weighted by Crippen LogP contribution is 2.47. The van der Waals surface area contributed by atoms with Crippen LogP contribution in [0.2, 0.25) is 0 Å². The molecule has 16 heteroatoms. The Morgan fingerprint density at radius 3 is 2.51 bits per heavy atom. The van der Waals surface area contributed by atoms with E-state index in [1.54, 1.807) is 30.3 Å². The molecule has 2 atom stereocenters. The molecule has 1 aromatic carbocycles. The van der Waals surface area contributed by atoms with Gasteiger partial charge >= 0.3 is 18.0 Å². The first-order chi connectivity index (χ1) is 19.4. The van der Waals surface area contributed by atoms with Gasteiger partial charge in [-0.15, -0.1) is 10.2 Å². The average molecular weight is 587 g/mol. The third-order valence-corrected chi connectivity index (χ3v) is 6.23. The first-order valence-corrected chi connectivity index (χ1v) is 12.1. The van der Waals surface area contributed by atoms with Crippen molar-refractivity contribution in [3.05, 3.63) is 75.7 Å². The zero-order chi connectivity index (χ0) is 29.8. The van der Waals surface area contributed by atoms with E-state index in [1.165, 1.54) is 19.3 Å². The van der Waals surface area contributed by atoms with Crippen molar-refractivity contribution in [3.63, 3.8) is 0 Å². The van der Waals surface area contributed by atoms with Crippen LogP contribution in [0, 0.1) is 10.1 Å². The van der Waals surface area contributed by atoms with Crippen molar-refractivity contribution in [1.82, 2.24) is 15.2 Å². The molecule has 0 spiro atoms. The number of allylic oxidation sites excluding steroid dienone is 1. The molecule has 0 fully saturated rings. The number of hydrogen-bond donors (Lipinski definition) is 1. The zero-order valence-electron chi connectivity index (χ0n) is 21.3. The summed E-state index contributed by atoms with van der Waals surface area (Å²) in [6, 6.07) is 7.39. The lowest BCUT2D eigenvalue weighted by molar-refractivity contribution is -0.384. The second-order valence-electron chi connectivity index (χ2n) is 9.07. The number of hydrogen-bond acceptors (Lipinski definition) is 9. The first kappa shape index (κ1) is 29.9. The van der Waals surface area contributed by atoms with Crippen LogP contribution in [-0.2, 0) is 27.9 Å². The van der Waals surface area contributed by atoms with E-state index in [9.17, 15) is 36.5 Å². The van der Waals surface area contributed by atoms with E-state index in [1.807, 2.05) is 0 Å². The van der Waals surface area contributed by atoms with Crippen molar-refractivity contribution >= 4 is 11.5 Å². The van der Waals surface area contributed by atoms with Gasteiger partial charge in [0.2, 0.25) is 11.3 Å². The number of methoxy groups -OCH3 is 1. The lowest BCUT2D eigenvalue weighted by Crippen LogP contribution is -2.45. The van der Waals surface area contributed by atoms with E-state index in [2.05, 4.69) is 20.5 Å². The fraction of sp³-hybridized carbons (Fsp3) is 0.400. The number of fused-ring (bicyclic) bond motifs is 5. The molecule has 10 nitrogen and oxygen atoms in total. The van der Waals surface area contributed by atoms with Gasteiger partial charge in [0, 0.05) is 19.6 Å². The minimum Gasteiger partial charge on any atom is -0.415 e. The maximum absolute atomic E-state index is 14.8. The van der Waals surface area contributed by atoms with E-state index in [-0.39, 0.29) is 25.5 Å². The van der Waals surface area contributed by atoms with E-state index in [0.29, 0.717) is 5.56 Å². The van der Waals surface area contributed by atoms with E-state index in [4.69, 9.17) is 13.9 Å². The van der Waals surface area contributed by atoms with E-state index in [0.717, 1.165) is 0 Å². The van der Waals surface area contributed by atoms with Gasteiger partial charge in [0.15, 0.2) is 0 Å². The molecule has 1 aliphatic rings. The summed E-state index contributed by atoms with van der Waals surface area (Å²) in [4.78, 5) is 14.3. The van der Waals surface area contributed by atoms with E-state index < -0.39 is 76.5 Å². The molecule has 1 unspecified atom stereocenters.